The summed E-state index contributed by atoms with van der Waals surface area (Å²) in [5.41, 5.74) is 6.86. The van der Waals surface area contributed by atoms with E-state index in [0.717, 1.165) is 24.8 Å². The average molecular weight is 475 g/mol. The number of fused-ring (bicyclic) bond motifs is 1. The zero-order valence-electron chi connectivity index (χ0n) is 18.6. The number of primary amides is 1. The van der Waals surface area contributed by atoms with Crippen LogP contribution in [-0.2, 0) is 34.4 Å². The zero-order chi connectivity index (χ0) is 24.4. The van der Waals surface area contributed by atoms with Crippen LogP contribution in [0.1, 0.15) is 17.5 Å². The van der Waals surface area contributed by atoms with Crippen LogP contribution in [0.2, 0.25) is 5.02 Å². The van der Waals surface area contributed by atoms with E-state index in [-0.39, 0.29) is 29.9 Å². The number of aromatic nitrogens is 1. The molecule has 1 fully saturated rings. The van der Waals surface area contributed by atoms with Crippen molar-refractivity contribution < 1.29 is 18.8 Å². The van der Waals surface area contributed by atoms with Gasteiger partial charge in [-0.15, -0.1) is 0 Å². The monoisotopic (exact) mass is 474 g/mol. The van der Waals surface area contributed by atoms with E-state index in [1.807, 2.05) is 48.0 Å². The molecule has 2 aromatic carbocycles. The summed E-state index contributed by atoms with van der Waals surface area (Å²) in [7, 11) is 3.89. The quantitative estimate of drug-likeness (QED) is 0.555. The van der Waals surface area contributed by atoms with E-state index < -0.39 is 5.82 Å². The van der Waals surface area contributed by atoms with Gasteiger partial charge in [0.05, 0.1) is 11.1 Å². The molecule has 1 saturated heterocycles. The summed E-state index contributed by atoms with van der Waals surface area (Å²) in [6.07, 6.45) is 4.57. The number of hydrogen-bond acceptors (Lipinski definition) is 4. The number of nitrogens with two attached hydrogens (primary N) is 1. The minimum absolute atomic E-state index is 0.0573. The molecule has 0 aliphatic carbocycles. The predicted molar refractivity (Wildman–Crippen MR) is 127 cm³/mol. The Morgan fingerprint density at radius 2 is 1.88 bits per heavy atom. The Balaban J connectivity index is 0.000000214. The number of likely N-dealkylation sites (tertiary alicyclic amines) is 1. The fraction of sp³-hybridized carbons (Fsp3) is 0.292. The molecule has 4 rings (SSSR count). The lowest BCUT2D eigenvalue weighted by Gasteiger charge is -2.36. The highest BCUT2D eigenvalue weighted by molar-refractivity contribution is 6.30. The summed E-state index contributed by atoms with van der Waals surface area (Å²) in [5.74, 6) is -0.519. The topological polar surface area (TPSA) is 97.4 Å². The molecule has 2 amide bonds. The van der Waals surface area contributed by atoms with Gasteiger partial charge in [0.2, 0.25) is 12.3 Å². The standard InChI is InChI=1S/C12H14ClFN2O.C11H11NO.CH3NO/c1-16-6-5-10(16)12(17)15-7-8-3-2-4-9(13)11(8)14;1-12-8-9(6-7-13)10-4-2-3-5-11(10)12;2-1-3/h2-4,10H,5-7H2,1H3,(H,15,17);2-5,7-8H,6H2,1H3;1H,(H2,2,3). The van der Waals surface area contributed by atoms with Crippen LogP contribution in [0.25, 0.3) is 10.9 Å². The molecular weight excluding hydrogens is 447 g/mol. The van der Waals surface area contributed by atoms with Crippen molar-refractivity contribution in [3.63, 3.8) is 0 Å². The molecule has 2 heterocycles. The van der Waals surface area contributed by atoms with Crippen LogP contribution in [0.3, 0.4) is 0 Å². The minimum atomic E-state index is -0.462. The Morgan fingerprint density at radius 1 is 1.18 bits per heavy atom. The number of nitrogens with one attached hydrogen (secondary N) is 1. The second-order valence-electron chi connectivity index (χ2n) is 7.51. The van der Waals surface area contributed by atoms with Gasteiger partial charge in [-0.25, -0.2) is 4.39 Å². The van der Waals surface area contributed by atoms with Gasteiger partial charge in [-0.2, -0.15) is 0 Å². The molecule has 33 heavy (non-hydrogen) atoms. The summed E-state index contributed by atoms with van der Waals surface area (Å²) in [5, 5.41) is 3.98. The lowest BCUT2D eigenvalue weighted by molar-refractivity contribution is -0.129. The molecule has 176 valence electrons. The van der Waals surface area contributed by atoms with Crippen molar-refractivity contribution in [1.82, 2.24) is 14.8 Å². The molecule has 0 saturated carbocycles. The number of carbonyl (C=O) groups excluding carboxylic acids is 3. The number of halogens is 2. The van der Waals surface area contributed by atoms with Gasteiger partial charge in [-0.1, -0.05) is 41.9 Å². The lowest BCUT2D eigenvalue weighted by Crippen LogP contribution is -2.53. The third-order valence-corrected chi connectivity index (χ3v) is 5.65. The van der Waals surface area contributed by atoms with Gasteiger partial charge in [-0.3, -0.25) is 14.5 Å². The largest absolute Gasteiger partial charge is 0.372 e. The third kappa shape index (κ3) is 6.87. The van der Waals surface area contributed by atoms with E-state index in [1.54, 1.807) is 12.1 Å². The fourth-order valence-corrected chi connectivity index (χ4v) is 3.70. The van der Waals surface area contributed by atoms with E-state index >= 15 is 0 Å². The highest BCUT2D eigenvalue weighted by Gasteiger charge is 2.30. The fourth-order valence-electron chi connectivity index (χ4n) is 3.51. The molecule has 1 unspecified atom stereocenters. The number of likely N-dealkylation sites (N-methyl/N-ethyl adjacent to an activating group) is 1. The Morgan fingerprint density at radius 3 is 2.48 bits per heavy atom. The molecule has 0 bridgehead atoms. The predicted octanol–water partition coefficient (Wildman–Crippen LogP) is 2.82. The number of para-hydroxylation sites is 1. The summed E-state index contributed by atoms with van der Waals surface area (Å²) in [6.45, 7) is 1.11. The van der Waals surface area contributed by atoms with Crippen LogP contribution in [0.4, 0.5) is 4.39 Å². The van der Waals surface area contributed by atoms with Crippen LogP contribution < -0.4 is 11.1 Å². The number of carbonyl (C=O) groups is 3. The third-order valence-electron chi connectivity index (χ3n) is 5.36. The van der Waals surface area contributed by atoms with E-state index in [1.165, 1.54) is 17.0 Å². The van der Waals surface area contributed by atoms with Crippen molar-refractivity contribution >= 4 is 41.1 Å². The number of hydrogen-bond donors (Lipinski definition) is 2. The molecule has 3 aromatic rings. The van der Waals surface area contributed by atoms with Crippen molar-refractivity contribution in [2.24, 2.45) is 12.8 Å². The second kappa shape index (κ2) is 12.7. The van der Waals surface area contributed by atoms with E-state index in [2.05, 4.69) is 17.1 Å². The molecule has 1 aliphatic rings. The first-order valence-electron chi connectivity index (χ1n) is 10.4. The molecule has 0 spiro atoms. The van der Waals surface area contributed by atoms with Gasteiger partial charge in [0.25, 0.3) is 0 Å². The first kappa shape index (κ1) is 26.0. The number of benzene rings is 2. The normalized spacial score (nSPS) is 14.7. The number of nitrogens with zero attached hydrogens (tertiary/aromatic N) is 2. The lowest BCUT2D eigenvalue weighted by atomic mass is 10.0. The molecule has 1 atom stereocenters. The number of aldehydes is 1. The first-order valence-corrected chi connectivity index (χ1v) is 10.7. The number of amides is 2. The van der Waals surface area contributed by atoms with Crippen molar-refractivity contribution in [2.45, 2.75) is 25.4 Å². The van der Waals surface area contributed by atoms with Gasteiger partial charge in [0.1, 0.15) is 12.1 Å². The summed E-state index contributed by atoms with van der Waals surface area (Å²) < 4.78 is 15.6. The Labute approximate surface area is 197 Å². The SMILES string of the molecule is CN1CCC1C(=O)NCc1cccc(Cl)c1F.Cn1cc(CC=O)c2ccccc21.NC=O. The Hall–Kier alpha value is -3.23. The smallest absolute Gasteiger partial charge is 0.237 e. The van der Waals surface area contributed by atoms with Gasteiger partial charge in [-0.05, 0) is 31.2 Å². The van der Waals surface area contributed by atoms with E-state index in [4.69, 9.17) is 16.4 Å². The Kier molecular flexibility index (Phi) is 10.0. The van der Waals surface area contributed by atoms with Crippen LogP contribution in [-0.4, -0.2) is 47.7 Å². The number of rotatable bonds is 5. The average Bonchev–Trinajstić information content (AvgIpc) is 3.11. The van der Waals surface area contributed by atoms with Gasteiger partial charge in [0.15, 0.2) is 0 Å². The molecular formula is C24H28ClFN4O3. The van der Waals surface area contributed by atoms with Crippen molar-refractivity contribution in [2.75, 3.05) is 13.6 Å². The maximum Gasteiger partial charge on any atom is 0.237 e. The summed E-state index contributed by atoms with van der Waals surface area (Å²) in [4.78, 5) is 32.7. The van der Waals surface area contributed by atoms with Gasteiger partial charge < -0.3 is 20.4 Å². The summed E-state index contributed by atoms with van der Waals surface area (Å²) in [6, 6.07) is 12.8. The van der Waals surface area contributed by atoms with Crippen molar-refractivity contribution in [3.8, 4) is 0 Å². The maximum atomic E-state index is 13.5. The van der Waals surface area contributed by atoms with Crippen LogP contribution in [0.5, 0.6) is 0 Å². The van der Waals surface area contributed by atoms with E-state index in [9.17, 15) is 14.0 Å². The zero-order valence-corrected chi connectivity index (χ0v) is 19.4. The second-order valence-corrected chi connectivity index (χ2v) is 7.91. The first-order chi connectivity index (χ1) is 15.8. The van der Waals surface area contributed by atoms with E-state index in [0.29, 0.717) is 12.0 Å². The van der Waals surface area contributed by atoms with Crippen LogP contribution in [0, 0.1) is 5.82 Å². The van der Waals surface area contributed by atoms with Gasteiger partial charge in [0, 0.05) is 49.2 Å². The molecule has 1 aliphatic heterocycles. The molecule has 3 N–H and O–H groups in total. The highest BCUT2D eigenvalue weighted by atomic mass is 35.5. The van der Waals surface area contributed by atoms with Crippen LogP contribution in [0.15, 0.2) is 48.7 Å². The van der Waals surface area contributed by atoms with Crippen molar-refractivity contribution in [1.29, 1.82) is 0 Å². The molecule has 7 nitrogen and oxygen atoms in total. The van der Waals surface area contributed by atoms with Crippen LogP contribution >= 0.6 is 11.6 Å². The Bertz CT molecular complexity index is 1100. The van der Waals surface area contributed by atoms with Gasteiger partial charge >= 0.3 is 0 Å². The molecule has 0 radical (unpaired) electrons. The molecule has 9 heteroatoms. The highest BCUT2D eigenvalue weighted by Crippen LogP contribution is 2.20. The maximum absolute atomic E-state index is 13.5. The minimum Gasteiger partial charge on any atom is -0.372 e. The number of aryl methyl sites for hydroxylation is 1. The van der Waals surface area contributed by atoms with Crippen molar-refractivity contribution in [3.05, 3.63) is 70.6 Å². The summed E-state index contributed by atoms with van der Waals surface area (Å²) >= 11 is 5.66. The molecule has 1 aromatic heterocycles.